The number of likely N-dealkylation sites (tertiary alicyclic amines) is 1. The molecule has 0 saturated carbocycles. The van der Waals surface area contributed by atoms with Crippen LogP contribution in [0.5, 0.6) is 0 Å². The topological polar surface area (TPSA) is 50.8 Å². The zero-order valence-electron chi connectivity index (χ0n) is 14.4. The van der Waals surface area contributed by atoms with Crippen molar-refractivity contribution in [1.82, 2.24) is 0 Å². The lowest BCUT2D eigenvalue weighted by Gasteiger charge is -2.34. The van der Waals surface area contributed by atoms with Crippen molar-refractivity contribution in [2.75, 3.05) is 24.4 Å². The summed E-state index contributed by atoms with van der Waals surface area (Å²) < 4.78 is 2.33. The first-order chi connectivity index (χ1) is 12.0. The standard InChI is InChI=1S/C19H21N3O2S/c1-13-7-8-16-14(11-13)15-12-20(2)10-9-17(15)21(16)25-19-6-4-3-5-18(19)22(23)24/h3-8,11,15,17H,9-10,12H2,1-2H3/p+1/t15-,17+/m1/s1. The van der Waals surface area contributed by atoms with E-state index < -0.39 is 0 Å². The molecule has 1 fully saturated rings. The first kappa shape index (κ1) is 16.4. The predicted octanol–water partition coefficient (Wildman–Crippen LogP) is 2.80. The number of benzene rings is 2. The highest BCUT2D eigenvalue weighted by Crippen LogP contribution is 2.49. The number of nitro groups is 1. The van der Waals surface area contributed by atoms with E-state index in [9.17, 15) is 10.1 Å². The highest BCUT2D eigenvalue weighted by Gasteiger charge is 2.44. The molecule has 1 unspecified atom stereocenters. The second kappa shape index (κ2) is 6.35. The van der Waals surface area contributed by atoms with Crippen molar-refractivity contribution in [3.63, 3.8) is 0 Å². The number of piperidine rings is 1. The molecule has 0 bridgehead atoms. The summed E-state index contributed by atoms with van der Waals surface area (Å²) in [5.74, 6) is 0.499. The Labute approximate surface area is 151 Å². The van der Waals surface area contributed by atoms with Crippen LogP contribution in [-0.2, 0) is 0 Å². The molecule has 2 aliphatic heterocycles. The number of anilines is 1. The second-order valence-electron chi connectivity index (χ2n) is 7.08. The van der Waals surface area contributed by atoms with Gasteiger partial charge in [-0.25, -0.2) is 0 Å². The zero-order valence-corrected chi connectivity index (χ0v) is 15.3. The van der Waals surface area contributed by atoms with Crippen LogP contribution in [0.4, 0.5) is 11.4 Å². The third kappa shape index (κ3) is 2.89. The third-order valence-corrected chi connectivity index (χ3v) is 6.49. The van der Waals surface area contributed by atoms with Crippen LogP contribution in [0.25, 0.3) is 0 Å². The van der Waals surface area contributed by atoms with Gasteiger partial charge in [-0.15, -0.1) is 0 Å². The highest BCUT2D eigenvalue weighted by atomic mass is 32.2. The van der Waals surface area contributed by atoms with Crippen molar-refractivity contribution in [2.24, 2.45) is 0 Å². The number of aryl methyl sites for hydroxylation is 1. The van der Waals surface area contributed by atoms with Crippen molar-refractivity contribution in [3.05, 3.63) is 63.7 Å². The van der Waals surface area contributed by atoms with Crippen molar-refractivity contribution < 1.29 is 9.82 Å². The third-order valence-electron chi connectivity index (χ3n) is 5.28. The summed E-state index contributed by atoms with van der Waals surface area (Å²) in [4.78, 5) is 13.4. The number of quaternary nitrogens is 1. The fourth-order valence-corrected chi connectivity index (χ4v) is 5.30. The second-order valence-corrected chi connectivity index (χ2v) is 8.09. The summed E-state index contributed by atoms with van der Waals surface area (Å²) in [6.45, 7) is 4.39. The minimum Gasteiger partial charge on any atom is -0.337 e. The summed E-state index contributed by atoms with van der Waals surface area (Å²) in [6.07, 6.45) is 1.11. The van der Waals surface area contributed by atoms with Crippen molar-refractivity contribution in [3.8, 4) is 0 Å². The molecule has 25 heavy (non-hydrogen) atoms. The lowest BCUT2D eigenvalue weighted by atomic mass is 9.89. The summed E-state index contributed by atoms with van der Waals surface area (Å²) in [7, 11) is 2.25. The van der Waals surface area contributed by atoms with Crippen LogP contribution in [0.2, 0.25) is 0 Å². The van der Waals surface area contributed by atoms with Crippen molar-refractivity contribution in [1.29, 1.82) is 0 Å². The summed E-state index contributed by atoms with van der Waals surface area (Å²) in [5.41, 5.74) is 4.08. The molecular weight excluding hydrogens is 334 g/mol. The van der Waals surface area contributed by atoms with Gasteiger partial charge < -0.3 is 9.21 Å². The Morgan fingerprint density at radius 3 is 2.88 bits per heavy atom. The van der Waals surface area contributed by atoms with Crippen molar-refractivity contribution >= 4 is 23.3 Å². The first-order valence-corrected chi connectivity index (χ1v) is 9.44. The molecule has 3 atom stereocenters. The summed E-state index contributed by atoms with van der Waals surface area (Å²) in [6, 6.07) is 14.1. The van der Waals surface area contributed by atoms with Gasteiger partial charge in [0.25, 0.3) is 5.69 Å². The van der Waals surface area contributed by atoms with Gasteiger partial charge in [0.05, 0.1) is 42.7 Å². The van der Waals surface area contributed by atoms with Gasteiger partial charge in [0.1, 0.15) is 4.90 Å². The van der Waals surface area contributed by atoms with Gasteiger partial charge in [-0.2, -0.15) is 0 Å². The highest BCUT2D eigenvalue weighted by molar-refractivity contribution is 8.00. The van der Waals surface area contributed by atoms with Gasteiger partial charge in [-0.05, 0) is 36.6 Å². The Bertz CT molecular complexity index is 826. The molecule has 5 nitrogen and oxygen atoms in total. The average molecular weight is 356 g/mol. The zero-order chi connectivity index (χ0) is 17.6. The monoisotopic (exact) mass is 356 g/mol. The van der Waals surface area contributed by atoms with E-state index in [1.807, 2.05) is 12.1 Å². The molecule has 2 aromatic carbocycles. The molecule has 2 heterocycles. The Morgan fingerprint density at radius 2 is 2.08 bits per heavy atom. The molecular formula is C19H22N3O2S+. The number of nitrogens with zero attached hydrogens (tertiary/aromatic N) is 2. The van der Waals surface area contributed by atoms with E-state index in [4.69, 9.17) is 0 Å². The molecule has 130 valence electrons. The maximum atomic E-state index is 11.4. The maximum absolute atomic E-state index is 11.4. The van der Waals surface area contributed by atoms with Crippen LogP contribution in [-0.4, -0.2) is 31.1 Å². The van der Waals surface area contributed by atoms with Gasteiger partial charge in [-0.3, -0.25) is 10.1 Å². The molecule has 0 spiro atoms. The van der Waals surface area contributed by atoms with Gasteiger partial charge in [0.2, 0.25) is 0 Å². The van der Waals surface area contributed by atoms with Crippen LogP contribution in [0, 0.1) is 17.0 Å². The van der Waals surface area contributed by atoms with Crippen LogP contribution in [0.15, 0.2) is 47.4 Å². The van der Waals surface area contributed by atoms with Crippen LogP contribution < -0.4 is 9.21 Å². The van der Waals surface area contributed by atoms with Gasteiger partial charge >= 0.3 is 0 Å². The molecule has 2 aromatic rings. The summed E-state index contributed by atoms with van der Waals surface area (Å²) in [5, 5.41) is 11.4. The molecule has 0 aromatic heterocycles. The fourth-order valence-electron chi connectivity index (χ4n) is 4.07. The van der Waals surface area contributed by atoms with E-state index >= 15 is 0 Å². The van der Waals surface area contributed by atoms with E-state index in [1.165, 1.54) is 28.8 Å². The number of fused-ring (bicyclic) bond motifs is 3. The number of nitro benzene ring substituents is 1. The van der Waals surface area contributed by atoms with Gasteiger partial charge in [0.15, 0.2) is 0 Å². The molecule has 2 aliphatic rings. The molecule has 6 heteroatoms. The predicted molar refractivity (Wildman–Crippen MR) is 100 cm³/mol. The molecule has 1 saturated heterocycles. The van der Waals surface area contributed by atoms with E-state index in [-0.39, 0.29) is 10.6 Å². The van der Waals surface area contributed by atoms with Crippen LogP contribution in [0.1, 0.15) is 23.5 Å². The fraction of sp³-hybridized carbons (Fsp3) is 0.368. The summed E-state index contributed by atoms with van der Waals surface area (Å²) >= 11 is 1.52. The minimum absolute atomic E-state index is 0.183. The minimum atomic E-state index is -0.287. The average Bonchev–Trinajstić information content (AvgIpc) is 2.88. The maximum Gasteiger partial charge on any atom is 0.284 e. The van der Waals surface area contributed by atoms with E-state index in [2.05, 4.69) is 36.5 Å². The number of hydrogen-bond acceptors (Lipinski definition) is 4. The van der Waals surface area contributed by atoms with E-state index in [0.29, 0.717) is 16.9 Å². The Kier molecular flexibility index (Phi) is 4.17. The van der Waals surface area contributed by atoms with Gasteiger partial charge in [0, 0.05) is 12.5 Å². The first-order valence-electron chi connectivity index (χ1n) is 8.67. The van der Waals surface area contributed by atoms with Crippen LogP contribution in [0.3, 0.4) is 0 Å². The quantitative estimate of drug-likeness (QED) is 0.522. The molecule has 4 rings (SSSR count). The largest absolute Gasteiger partial charge is 0.337 e. The lowest BCUT2D eigenvalue weighted by Crippen LogP contribution is -3.11. The molecule has 0 aliphatic carbocycles. The Balaban J connectivity index is 1.74. The smallest absolute Gasteiger partial charge is 0.284 e. The normalized spacial score (nSPS) is 24.7. The Morgan fingerprint density at radius 1 is 1.28 bits per heavy atom. The number of hydrogen-bond donors (Lipinski definition) is 1. The Hall–Kier alpha value is -2.05. The van der Waals surface area contributed by atoms with Crippen LogP contribution >= 0.6 is 11.9 Å². The number of rotatable bonds is 3. The van der Waals surface area contributed by atoms with Gasteiger partial charge in [-0.1, -0.05) is 29.8 Å². The van der Waals surface area contributed by atoms with Crippen molar-refractivity contribution in [2.45, 2.75) is 30.2 Å². The number of likely N-dealkylation sites (N-methyl/N-ethyl adjacent to an activating group) is 1. The van der Waals surface area contributed by atoms with E-state index in [0.717, 1.165) is 19.5 Å². The molecule has 1 N–H and O–H groups in total. The van der Waals surface area contributed by atoms with E-state index in [1.54, 1.807) is 17.0 Å². The number of para-hydroxylation sites is 1. The molecule has 0 amide bonds. The SMILES string of the molecule is Cc1ccc2c(c1)[C@H]1C[NH+](C)CC[C@@H]1N2Sc1ccccc1[N+](=O)[O-]. The number of nitrogens with one attached hydrogen (secondary N) is 1. The lowest BCUT2D eigenvalue weighted by molar-refractivity contribution is -0.886. The molecule has 0 radical (unpaired) electrons.